The van der Waals surface area contributed by atoms with E-state index < -0.39 is 0 Å². The molecule has 0 spiro atoms. The molecule has 62 valence electrons. The number of fused-ring (bicyclic) bond motifs is 1. The summed E-state index contributed by atoms with van der Waals surface area (Å²) in [4.78, 5) is 2.27. The van der Waals surface area contributed by atoms with Crippen molar-refractivity contribution in [2.75, 3.05) is 26.7 Å². The lowest BCUT2D eigenvalue weighted by Gasteiger charge is -2.25. The molecule has 0 saturated carbocycles. The third kappa shape index (κ3) is 1.20. The molecule has 3 nitrogen and oxygen atoms in total. The highest BCUT2D eigenvalue weighted by atomic mass is 16.3. The predicted molar refractivity (Wildman–Crippen MR) is 43.1 cm³/mol. The van der Waals surface area contributed by atoms with Crippen LogP contribution in [0.15, 0.2) is 11.6 Å². The second kappa shape index (κ2) is 2.59. The Morgan fingerprint density at radius 2 is 2.55 bits per heavy atom. The third-order valence-electron chi connectivity index (χ3n) is 2.52. The predicted octanol–water partition coefficient (Wildman–Crippen LogP) is -0.604. The van der Waals surface area contributed by atoms with E-state index in [1.54, 1.807) is 0 Å². The minimum absolute atomic E-state index is 0.367. The molecule has 2 aliphatic heterocycles. The molecule has 2 N–H and O–H groups in total. The molecule has 11 heavy (non-hydrogen) atoms. The normalized spacial score (nSPS) is 38.5. The number of likely N-dealkylation sites (N-methyl/N-ethyl adjacent to an activating group) is 1. The van der Waals surface area contributed by atoms with E-state index in [1.807, 2.05) is 0 Å². The zero-order valence-electron chi connectivity index (χ0n) is 6.75. The second-order valence-electron chi connectivity index (χ2n) is 3.43. The summed E-state index contributed by atoms with van der Waals surface area (Å²) in [5.41, 5.74) is 1.20. The van der Waals surface area contributed by atoms with Crippen LogP contribution >= 0.6 is 0 Å². The van der Waals surface area contributed by atoms with Gasteiger partial charge in [-0.2, -0.15) is 0 Å². The Morgan fingerprint density at radius 1 is 1.73 bits per heavy atom. The molecule has 0 aromatic heterocycles. The summed E-state index contributed by atoms with van der Waals surface area (Å²) in [5, 5.41) is 12.5. The molecule has 2 unspecified atom stereocenters. The van der Waals surface area contributed by atoms with E-state index in [4.69, 9.17) is 0 Å². The Kier molecular flexibility index (Phi) is 1.71. The number of hydrogen-bond acceptors (Lipinski definition) is 3. The van der Waals surface area contributed by atoms with Gasteiger partial charge in [0.05, 0.1) is 0 Å². The van der Waals surface area contributed by atoms with Crippen LogP contribution in [0.3, 0.4) is 0 Å². The summed E-state index contributed by atoms with van der Waals surface area (Å²) in [7, 11) is 2.11. The molecule has 3 heteroatoms. The van der Waals surface area contributed by atoms with Crippen LogP contribution in [0.1, 0.15) is 0 Å². The van der Waals surface area contributed by atoms with Gasteiger partial charge in [0.1, 0.15) is 6.23 Å². The Labute approximate surface area is 66.7 Å². The zero-order valence-corrected chi connectivity index (χ0v) is 6.75. The molecule has 0 amide bonds. The van der Waals surface area contributed by atoms with E-state index in [0.717, 1.165) is 19.6 Å². The van der Waals surface area contributed by atoms with Gasteiger partial charge in [-0.15, -0.1) is 0 Å². The summed E-state index contributed by atoms with van der Waals surface area (Å²) in [6.45, 7) is 2.98. The van der Waals surface area contributed by atoms with E-state index in [1.165, 1.54) is 5.57 Å². The molecular formula is C8H14N2O. The maximum Gasteiger partial charge on any atom is 0.127 e. The Morgan fingerprint density at radius 3 is 3.36 bits per heavy atom. The van der Waals surface area contributed by atoms with Crippen LogP contribution in [0.2, 0.25) is 0 Å². The number of nitrogens with zero attached hydrogens (tertiary/aromatic N) is 1. The summed E-state index contributed by atoms with van der Waals surface area (Å²) < 4.78 is 0. The van der Waals surface area contributed by atoms with Gasteiger partial charge in [-0.3, -0.25) is 5.32 Å². The maximum absolute atomic E-state index is 9.41. The van der Waals surface area contributed by atoms with Crippen LogP contribution < -0.4 is 5.32 Å². The van der Waals surface area contributed by atoms with Gasteiger partial charge in [-0.05, 0) is 12.6 Å². The van der Waals surface area contributed by atoms with Crippen LogP contribution in [0.5, 0.6) is 0 Å². The molecule has 0 aromatic rings. The first kappa shape index (κ1) is 7.28. The average molecular weight is 154 g/mol. The van der Waals surface area contributed by atoms with Gasteiger partial charge in [0.15, 0.2) is 0 Å². The monoisotopic (exact) mass is 154 g/mol. The first-order valence-corrected chi connectivity index (χ1v) is 4.07. The van der Waals surface area contributed by atoms with Crippen molar-refractivity contribution in [1.29, 1.82) is 0 Å². The number of aliphatic hydroxyl groups is 1. The molecule has 2 aliphatic rings. The van der Waals surface area contributed by atoms with Gasteiger partial charge in [-0.25, -0.2) is 0 Å². The number of aliphatic hydroxyl groups excluding tert-OH is 1. The van der Waals surface area contributed by atoms with E-state index in [-0.39, 0.29) is 6.23 Å². The SMILES string of the molecule is CN1CC=C2C(CNC2O)C1. The molecule has 0 bridgehead atoms. The first-order valence-electron chi connectivity index (χ1n) is 4.07. The highest BCUT2D eigenvalue weighted by Gasteiger charge is 2.30. The lowest BCUT2D eigenvalue weighted by molar-refractivity contribution is 0.191. The molecule has 1 fully saturated rings. The van der Waals surface area contributed by atoms with Crippen molar-refractivity contribution in [3.05, 3.63) is 11.6 Å². The van der Waals surface area contributed by atoms with Gasteiger partial charge >= 0.3 is 0 Å². The molecule has 1 saturated heterocycles. The lowest BCUT2D eigenvalue weighted by atomic mass is 9.98. The summed E-state index contributed by atoms with van der Waals surface area (Å²) in [5.74, 6) is 0.545. The molecular weight excluding hydrogens is 140 g/mol. The zero-order chi connectivity index (χ0) is 7.84. The Hall–Kier alpha value is -0.380. The summed E-state index contributed by atoms with van der Waals surface area (Å²) in [6.07, 6.45) is 1.77. The van der Waals surface area contributed by atoms with Crippen molar-refractivity contribution in [3.63, 3.8) is 0 Å². The number of rotatable bonds is 0. The fourth-order valence-electron chi connectivity index (χ4n) is 1.87. The van der Waals surface area contributed by atoms with Crippen LogP contribution in [0.25, 0.3) is 0 Å². The van der Waals surface area contributed by atoms with Crippen LogP contribution in [-0.4, -0.2) is 42.9 Å². The molecule has 2 atom stereocenters. The van der Waals surface area contributed by atoms with E-state index in [9.17, 15) is 5.11 Å². The smallest absolute Gasteiger partial charge is 0.127 e. The fourth-order valence-corrected chi connectivity index (χ4v) is 1.87. The Bertz CT molecular complexity index is 191. The van der Waals surface area contributed by atoms with Crippen LogP contribution in [0, 0.1) is 5.92 Å². The van der Waals surface area contributed by atoms with Crippen molar-refractivity contribution in [2.24, 2.45) is 5.92 Å². The summed E-state index contributed by atoms with van der Waals surface area (Å²) >= 11 is 0. The molecule has 0 aromatic carbocycles. The van der Waals surface area contributed by atoms with Gasteiger partial charge in [0.2, 0.25) is 0 Å². The second-order valence-corrected chi connectivity index (χ2v) is 3.43. The third-order valence-corrected chi connectivity index (χ3v) is 2.52. The highest BCUT2D eigenvalue weighted by Crippen LogP contribution is 2.23. The van der Waals surface area contributed by atoms with Gasteiger partial charge in [-0.1, -0.05) is 6.08 Å². The molecule has 2 rings (SSSR count). The number of nitrogens with one attached hydrogen (secondary N) is 1. The van der Waals surface area contributed by atoms with Gasteiger partial charge in [0, 0.05) is 25.6 Å². The summed E-state index contributed by atoms with van der Waals surface area (Å²) in [6, 6.07) is 0. The van der Waals surface area contributed by atoms with E-state index in [0.29, 0.717) is 5.92 Å². The molecule has 0 radical (unpaired) electrons. The van der Waals surface area contributed by atoms with E-state index >= 15 is 0 Å². The highest BCUT2D eigenvalue weighted by molar-refractivity contribution is 5.20. The standard InChI is InChI=1S/C8H14N2O/c1-10-3-2-7-6(5-10)4-9-8(7)11/h2,6,8-9,11H,3-5H2,1H3. The fraction of sp³-hybridized carbons (Fsp3) is 0.750. The minimum Gasteiger partial charge on any atom is -0.375 e. The lowest BCUT2D eigenvalue weighted by Crippen LogP contribution is -2.31. The van der Waals surface area contributed by atoms with E-state index in [2.05, 4.69) is 23.3 Å². The molecule has 2 heterocycles. The van der Waals surface area contributed by atoms with Crippen LogP contribution in [-0.2, 0) is 0 Å². The topological polar surface area (TPSA) is 35.5 Å². The van der Waals surface area contributed by atoms with Gasteiger partial charge < -0.3 is 10.0 Å². The van der Waals surface area contributed by atoms with Gasteiger partial charge in [0.25, 0.3) is 0 Å². The maximum atomic E-state index is 9.41. The van der Waals surface area contributed by atoms with Crippen LogP contribution in [0.4, 0.5) is 0 Å². The number of hydrogen-bond donors (Lipinski definition) is 2. The van der Waals surface area contributed by atoms with Crippen molar-refractivity contribution in [3.8, 4) is 0 Å². The minimum atomic E-state index is -0.367. The molecule has 0 aliphatic carbocycles. The van der Waals surface area contributed by atoms with Crippen molar-refractivity contribution < 1.29 is 5.11 Å². The van der Waals surface area contributed by atoms with Crippen molar-refractivity contribution in [2.45, 2.75) is 6.23 Å². The first-order chi connectivity index (χ1) is 5.27. The Balaban J connectivity index is 2.16. The van der Waals surface area contributed by atoms with Crippen molar-refractivity contribution in [1.82, 2.24) is 10.2 Å². The van der Waals surface area contributed by atoms with Crippen molar-refractivity contribution >= 4 is 0 Å². The average Bonchev–Trinajstić information content (AvgIpc) is 2.32. The largest absolute Gasteiger partial charge is 0.375 e. The quantitative estimate of drug-likeness (QED) is 0.457.